The third-order valence-corrected chi connectivity index (χ3v) is 2.84. The van der Waals surface area contributed by atoms with Gasteiger partial charge in [0.15, 0.2) is 0 Å². The highest BCUT2D eigenvalue weighted by Crippen LogP contribution is 2.16. The van der Waals surface area contributed by atoms with Crippen LogP contribution in [-0.4, -0.2) is 55.0 Å². The summed E-state index contributed by atoms with van der Waals surface area (Å²) in [5, 5.41) is 2.29. The molecule has 0 aromatic rings. The fourth-order valence-electron chi connectivity index (χ4n) is 2.12. The van der Waals surface area contributed by atoms with E-state index in [0.717, 1.165) is 19.5 Å². The molecule has 2 rings (SSSR count). The molecule has 1 atom stereocenters. The van der Waals surface area contributed by atoms with Crippen molar-refractivity contribution in [1.82, 2.24) is 15.1 Å². The van der Waals surface area contributed by atoms with Crippen LogP contribution in [0.5, 0.6) is 0 Å². The number of hydrogen-bond donors (Lipinski definition) is 1. The van der Waals surface area contributed by atoms with Crippen LogP contribution in [0.4, 0.5) is 4.79 Å². The molecule has 2 aliphatic rings. The molecule has 14 heavy (non-hydrogen) atoms. The maximum atomic E-state index is 11.2. The van der Waals surface area contributed by atoms with E-state index >= 15 is 0 Å². The number of nitrogens with one attached hydrogen (secondary N) is 1. The van der Waals surface area contributed by atoms with Gasteiger partial charge in [0.1, 0.15) is 6.54 Å². The van der Waals surface area contributed by atoms with Crippen LogP contribution < -0.4 is 5.32 Å². The normalized spacial score (nSPS) is 28.6. The second-order valence-electron chi connectivity index (χ2n) is 4.15. The van der Waals surface area contributed by atoms with Crippen LogP contribution >= 0.6 is 0 Å². The van der Waals surface area contributed by atoms with Crippen LogP contribution in [0.15, 0.2) is 0 Å². The van der Waals surface area contributed by atoms with E-state index in [1.807, 2.05) is 0 Å². The van der Waals surface area contributed by atoms with Crippen LogP contribution in [0.3, 0.4) is 0 Å². The zero-order valence-electron chi connectivity index (χ0n) is 8.32. The first-order valence-corrected chi connectivity index (χ1v) is 4.92. The molecule has 1 N–H and O–H groups in total. The molecule has 2 heterocycles. The maximum absolute atomic E-state index is 11.2. The summed E-state index contributed by atoms with van der Waals surface area (Å²) >= 11 is 0. The summed E-state index contributed by atoms with van der Waals surface area (Å²) in [4.78, 5) is 26.0. The third-order valence-electron chi connectivity index (χ3n) is 2.84. The molecule has 0 aromatic heterocycles. The summed E-state index contributed by atoms with van der Waals surface area (Å²) in [5.74, 6) is 0.345. The summed E-state index contributed by atoms with van der Waals surface area (Å²) < 4.78 is 0. The molecule has 0 aliphatic carbocycles. The van der Waals surface area contributed by atoms with Gasteiger partial charge in [0, 0.05) is 13.1 Å². The van der Waals surface area contributed by atoms with Crippen LogP contribution in [-0.2, 0) is 4.79 Å². The number of carbonyl (C=O) groups excluding carboxylic acids is 2. The van der Waals surface area contributed by atoms with E-state index in [1.165, 1.54) is 0 Å². The molecular weight excluding hydrogens is 182 g/mol. The summed E-state index contributed by atoms with van der Waals surface area (Å²) in [6.45, 7) is 3.06. The number of carbonyl (C=O) groups is 2. The predicted octanol–water partition coefficient (Wildman–Crippen LogP) is -0.510. The van der Waals surface area contributed by atoms with E-state index in [4.69, 9.17) is 0 Å². The second kappa shape index (κ2) is 3.57. The third kappa shape index (κ3) is 1.87. The highest BCUT2D eigenvalue weighted by molar-refractivity contribution is 6.01. The Kier molecular flexibility index (Phi) is 2.41. The molecule has 2 aliphatic heterocycles. The van der Waals surface area contributed by atoms with E-state index in [0.29, 0.717) is 12.5 Å². The Bertz CT molecular complexity index is 267. The Balaban J connectivity index is 1.86. The zero-order valence-corrected chi connectivity index (χ0v) is 8.32. The number of rotatable bonds is 2. The molecular formula is C9H15N3O2. The Labute approximate surface area is 83.0 Å². The van der Waals surface area contributed by atoms with Crippen molar-refractivity contribution in [3.05, 3.63) is 0 Å². The van der Waals surface area contributed by atoms with Gasteiger partial charge in [-0.15, -0.1) is 0 Å². The van der Waals surface area contributed by atoms with Crippen molar-refractivity contribution in [2.75, 3.05) is 33.2 Å². The van der Waals surface area contributed by atoms with Crippen LogP contribution in [0.25, 0.3) is 0 Å². The molecule has 2 saturated heterocycles. The molecule has 0 radical (unpaired) electrons. The number of urea groups is 1. The SMILES string of the molecule is CN1CCC(CN2CC(=O)NC2=O)C1. The fourth-order valence-corrected chi connectivity index (χ4v) is 2.12. The van der Waals surface area contributed by atoms with Gasteiger partial charge in [-0.3, -0.25) is 10.1 Å². The molecule has 1 unspecified atom stereocenters. The van der Waals surface area contributed by atoms with E-state index in [9.17, 15) is 9.59 Å². The first kappa shape index (κ1) is 9.45. The lowest BCUT2D eigenvalue weighted by atomic mass is 10.1. The summed E-state index contributed by atoms with van der Waals surface area (Å²) in [6.07, 6.45) is 1.12. The summed E-state index contributed by atoms with van der Waals surface area (Å²) in [5.41, 5.74) is 0. The van der Waals surface area contributed by atoms with Crippen molar-refractivity contribution in [1.29, 1.82) is 0 Å². The number of imide groups is 1. The number of nitrogens with zero attached hydrogens (tertiary/aromatic N) is 2. The van der Waals surface area contributed by atoms with Gasteiger partial charge in [-0.1, -0.05) is 0 Å². The average molecular weight is 197 g/mol. The molecule has 3 amide bonds. The van der Waals surface area contributed by atoms with Gasteiger partial charge in [0.05, 0.1) is 0 Å². The number of hydrogen-bond acceptors (Lipinski definition) is 3. The zero-order chi connectivity index (χ0) is 10.1. The predicted molar refractivity (Wildman–Crippen MR) is 50.7 cm³/mol. The molecule has 0 bridgehead atoms. The number of likely N-dealkylation sites (tertiary alicyclic amines) is 1. The first-order valence-electron chi connectivity index (χ1n) is 4.92. The van der Waals surface area contributed by atoms with Gasteiger partial charge in [-0.2, -0.15) is 0 Å². The van der Waals surface area contributed by atoms with Gasteiger partial charge >= 0.3 is 6.03 Å². The Hall–Kier alpha value is -1.10. The molecule has 0 aromatic carbocycles. The monoisotopic (exact) mass is 197 g/mol. The van der Waals surface area contributed by atoms with E-state index in [1.54, 1.807) is 4.90 Å². The Morgan fingerprint density at radius 1 is 1.50 bits per heavy atom. The smallest absolute Gasteiger partial charge is 0.315 e. The molecule has 2 fully saturated rings. The minimum atomic E-state index is -0.232. The Morgan fingerprint density at radius 3 is 2.79 bits per heavy atom. The lowest BCUT2D eigenvalue weighted by Gasteiger charge is -2.17. The van der Waals surface area contributed by atoms with Crippen LogP contribution in [0, 0.1) is 5.92 Å². The second-order valence-corrected chi connectivity index (χ2v) is 4.15. The first-order chi connectivity index (χ1) is 6.65. The molecule has 5 heteroatoms. The number of amides is 3. The van der Waals surface area contributed by atoms with Crippen molar-refractivity contribution in [3.63, 3.8) is 0 Å². The molecule has 0 spiro atoms. The molecule has 78 valence electrons. The van der Waals surface area contributed by atoms with Crippen molar-refractivity contribution in [3.8, 4) is 0 Å². The lowest BCUT2D eigenvalue weighted by Crippen LogP contribution is -2.33. The Morgan fingerprint density at radius 2 is 2.29 bits per heavy atom. The largest absolute Gasteiger partial charge is 0.324 e. The van der Waals surface area contributed by atoms with Crippen molar-refractivity contribution in [2.24, 2.45) is 5.92 Å². The lowest BCUT2D eigenvalue weighted by molar-refractivity contribution is -0.118. The summed E-state index contributed by atoms with van der Waals surface area (Å²) in [6, 6.07) is -0.232. The minimum absolute atomic E-state index is 0.179. The van der Waals surface area contributed by atoms with E-state index in [-0.39, 0.29) is 18.5 Å². The highest BCUT2D eigenvalue weighted by atomic mass is 16.2. The highest BCUT2D eigenvalue weighted by Gasteiger charge is 2.30. The quantitative estimate of drug-likeness (QED) is 0.607. The van der Waals surface area contributed by atoms with Gasteiger partial charge in [0.25, 0.3) is 0 Å². The summed E-state index contributed by atoms with van der Waals surface area (Å²) in [7, 11) is 2.08. The van der Waals surface area contributed by atoms with Crippen molar-refractivity contribution < 1.29 is 9.59 Å². The van der Waals surface area contributed by atoms with E-state index < -0.39 is 0 Å². The van der Waals surface area contributed by atoms with Crippen LogP contribution in [0.1, 0.15) is 6.42 Å². The van der Waals surface area contributed by atoms with Crippen LogP contribution in [0.2, 0.25) is 0 Å². The van der Waals surface area contributed by atoms with Gasteiger partial charge in [-0.05, 0) is 25.9 Å². The van der Waals surface area contributed by atoms with Crippen molar-refractivity contribution >= 4 is 11.9 Å². The van der Waals surface area contributed by atoms with Gasteiger partial charge in [0.2, 0.25) is 5.91 Å². The topological polar surface area (TPSA) is 52.6 Å². The standard InChI is InChI=1S/C9H15N3O2/c1-11-3-2-7(4-11)5-12-6-8(13)10-9(12)14/h7H,2-6H2,1H3,(H,10,13,14). The molecule has 5 nitrogen and oxygen atoms in total. The van der Waals surface area contributed by atoms with Gasteiger partial charge in [-0.25, -0.2) is 4.79 Å². The maximum Gasteiger partial charge on any atom is 0.324 e. The molecule has 0 saturated carbocycles. The fraction of sp³-hybridized carbons (Fsp3) is 0.778. The van der Waals surface area contributed by atoms with Gasteiger partial charge < -0.3 is 9.80 Å². The minimum Gasteiger partial charge on any atom is -0.315 e. The average Bonchev–Trinajstić information content (AvgIpc) is 2.61. The van der Waals surface area contributed by atoms with E-state index in [2.05, 4.69) is 17.3 Å². The van der Waals surface area contributed by atoms with Crippen molar-refractivity contribution in [2.45, 2.75) is 6.42 Å².